The van der Waals surface area contributed by atoms with Crippen molar-refractivity contribution in [1.29, 1.82) is 0 Å². The molecule has 0 spiro atoms. The Kier molecular flexibility index (Phi) is 6.85. The van der Waals surface area contributed by atoms with Crippen LogP contribution >= 0.6 is 0 Å². The SMILES string of the molecule is COc1ccc(CN2CCN([C@H](C)C(=O)NCc3ccccc3)CC2)cc1. The number of methoxy groups -OCH3 is 1. The number of ether oxygens (including phenoxy) is 1. The number of piperazine rings is 1. The van der Waals surface area contributed by atoms with Crippen LogP contribution in [0.4, 0.5) is 0 Å². The van der Waals surface area contributed by atoms with Crippen molar-refractivity contribution in [3.8, 4) is 5.75 Å². The van der Waals surface area contributed by atoms with Gasteiger partial charge in [-0.15, -0.1) is 0 Å². The highest BCUT2D eigenvalue weighted by Crippen LogP contribution is 2.15. The van der Waals surface area contributed by atoms with E-state index in [-0.39, 0.29) is 11.9 Å². The largest absolute Gasteiger partial charge is 0.497 e. The van der Waals surface area contributed by atoms with Crippen LogP contribution in [0.1, 0.15) is 18.1 Å². The highest BCUT2D eigenvalue weighted by Gasteiger charge is 2.25. The van der Waals surface area contributed by atoms with Gasteiger partial charge in [0.2, 0.25) is 5.91 Å². The summed E-state index contributed by atoms with van der Waals surface area (Å²) in [5, 5.41) is 3.05. The quantitative estimate of drug-likeness (QED) is 0.817. The third-order valence-corrected chi connectivity index (χ3v) is 5.21. The number of carbonyl (C=O) groups excluding carboxylic acids is 1. The molecule has 5 nitrogen and oxygen atoms in total. The number of nitrogens with zero attached hydrogens (tertiary/aromatic N) is 2. The number of carbonyl (C=O) groups is 1. The Labute approximate surface area is 161 Å². The molecule has 0 radical (unpaired) electrons. The number of nitrogens with one attached hydrogen (secondary N) is 1. The fourth-order valence-corrected chi connectivity index (χ4v) is 3.40. The smallest absolute Gasteiger partial charge is 0.237 e. The van der Waals surface area contributed by atoms with Gasteiger partial charge in [-0.1, -0.05) is 42.5 Å². The predicted octanol–water partition coefficient (Wildman–Crippen LogP) is 2.52. The fourth-order valence-electron chi connectivity index (χ4n) is 3.40. The maximum atomic E-state index is 12.5. The minimum atomic E-state index is -0.100. The van der Waals surface area contributed by atoms with Gasteiger partial charge in [0.15, 0.2) is 0 Å². The summed E-state index contributed by atoms with van der Waals surface area (Å²) in [4.78, 5) is 17.2. The summed E-state index contributed by atoms with van der Waals surface area (Å²) in [7, 11) is 1.69. The molecule has 3 rings (SSSR count). The highest BCUT2D eigenvalue weighted by atomic mass is 16.5. The first-order valence-electron chi connectivity index (χ1n) is 9.56. The summed E-state index contributed by atoms with van der Waals surface area (Å²) in [6, 6.07) is 18.2. The van der Waals surface area contributed by atoms with Crippen molar-refractivity contribution in [3.63, 3.8) is 0 Å². The number of hydrogen-bond acceptors (Lipinski definition) is 4. The topological polar surface area (TPSA) is 44.8 Å². The number of benzene rings is 2. The molecule has 1 N–H and O–H groups in total. The van der Waals surface area contributed by atoms with Crippen molar-refractivity contribution in [3.05, 3.63) is 65.7 Å². The molecule has 5 heteroatoms. The Morgan fingerprint density at radius 1 is 1.00 bits per heavy atom. The Hall–Kier alpha value is -2.37. The number of rotatable bonds is 7. The highest BCUT2D eigenvalue weighted by molar-refractivity contribution is 5.81. The molecule has 0 aliphatic carbocycles. The lowest BCUT2D eigenvalue weighted by Gasteiger charge is -2.37. The van der Waals surface area contributed by atoms with E-state index in [4.69, 9.17) is 4.74 Å². The van der Waals surface area contributed by atoms with Gasteiger partial charge < -0.3 is 10.1 Å². The minimum Gasteiger partial charge on any atom is -0.497 e. The van der Waals surface area contributed by atoms with E-state index in [9.17, 15) is 4.79 Å². The fraction of sp³-hybridized carbons (Fsp3) is 0.409. The van der Waals surface area contributed by atoms with Gasteiger partial charge in [0.25, 0.3) is 0 Å². The second kappa shape index (κ2) is 9.53. The van der Waals surface area contributed by atoms with Crippen molar-refractivity contribution >= 4 is 5.91 Å². The normalized spacial score (nSPS) is 16.7. The molecule has 1 atom stereocenters. The van der Waals surface area contributed by atoms with E-state index < -0.39 is 0 Å². The molecule has 2 aromatic rings. The van der Waals surface area contributed by atoms with Crippen LogP contribution in [-0.4, -0.2) is 55.0 Å². The van der Waals surface area contributed by atoms with E-state index >= 15 is 0 Å². The van der Waals surface area contributed by atoms with Crippen LogP contribution in [0.5, 0.6) is 5.75 Å². The molecule has 0 aromatic heterocycles. The molecule has 0 unspecified atom stereocenters. The summed E-state index contributed by atoms with van der Waals surface area (Å²) in [5.41, 5.74) is 2.42. The maximum Gasteiger partial charge on any atom is 0.237 e. The molecular weight excluding hydrogens is 338 g/mol. The van der Waals surface area contributed by atoms with Crippen LogP contribution < -0.4 is 10.1 Å². The minimum absolute atomic E-state index is 0.0995. The van der Waals surface area contributed by atoms with Gasteiger partial charge >= 0.3 is 0 Å². The maximum absolute atomic E-state index is 12.5. The Balaban J connectivity index is 1.42. The molecule has 1 saturated heterocycles. The van der Waals surface area contributed by atoms with E-state index in [0.717, 1.165) is 44.0 Å². The standard InChI is InChI=1S/C22H29N3O2/c1-18(22(26)23-16-19-6-4-3-5-7-19)25-14-12-24(13-15-25)17-20-8-10-21(27-2)11-9-20/h3-11,18H,12-17H2,1-2H3,(H,23,26)/t18-/m1/s1. The first-order chi connectivity index (χ1) is 13.2. The monoisotopic (exact) mass is 367 g/mol. The molecule has 2 aromatic carbocycles. The third-order valence-electron chi connectivity index (χ3n) is 5.21. The third kappa shape index (κ3) is 5.55. The second-order valence-corrected chi connectivity index (χ2v) is 7.04. The molecule has 1 fully saturated rings. The average molecular weight is 367 g/mol. The lowest BCUT2D eigenvalue weighted by atomic mass is 10.1. The van der Waals surface area contributed by atoms with Crippen molar-refractivity contribution in [2.45, 2.75) is 26.1 Å². The van der Waals surface area contributed by atoms with Crippen molar-refractivity contribution in [2.24, 2.45) is 0 Å². The van der Waals surface area contributed by atoms with Crippen LogP contribution in [0.2, 0.25) is 0 Å². The van der Waals surface area contributed by atoms with Gasteiger partial charge in [0.05, 0.1) is 13.2 Å². The van der Waals surface area contributed by atoms with E-state index in [1.54, 1.807) is 7.11 Å². The predicted molar refractivity (Wildman–Crippen MR) is 108 cm³/mol. The molecule has 0 saturated carbocycles. The van der Waals surface area contributed by atoms with Gasteiger partial charge in [0.1, 0.15) is 5.75 Å². The lowest BCUT2D eigenvalue weighted by Crippen LogP contribution is -2.53. The van der Waals surface area contributed by atoms with E-state index in [2.05, 4.69) is 27.2 Å². The van der Waals surface area contributed by atoms with Crippen molar-refractivity contribution in [2.75, 3.05) is 33.3 Å². The summed E-state index contributed by atoms with van der Waals surface area (Å²) in [6.07, 6.45) is 0. The van der Waals surface area contributed by atoms with Crippen LogP contribution in [0.15, 0.2) is 54.6 Å². The van der Waals surface area contributed by atoms with Crippen molar-refractivity contribution in [1.82, 2.24) is 15.1 Å². The van der Waals surface area contributed by atoms with Gasteiger partial charge in [-0.2, -0.15) is 0 Å². The molecule has 1 heterocycles. The van der Waals surface area contributed by atoms with Gasteiger partial charge in [-0.05, 0) is 30.2 Å². The van der Waals surface area contributed by atoms with Crippen LogP contribution in [-0.2, 0) is 17.9 Å². The first-order valence-corrected chi connectivity index (χ1v) is 9.56. The summed E-state index contributed by atoms with van der Waals surface area (Å²) in [6.45, 7) is 7.30. The van der Waals surface area contributed by atoms with E-state index in [0.29, 0.717) is 6.54 Å². The van der Waals surface area contributed by atoms with Crippen LogP contribution in [0, 0.1) is 0 Å². The number of amides is 1. The van der Waals surface area contributed by atoms with E-state index in [1.165, 1.54) is 5.56 Å². The van der Waals surface area contributed by atoms with E-state index in [1.807, 2.05) is 49.4 Å². The molecule has 1 aliphatic rings. The van der Waals surface area contributed by atoms with Gasteiger partial charge in [-0.3, -0.25) is 14.6 Å². The zero-order valence-corrected chi connectivity index (χ0v) is 16.2. The summed E-state index contributed by atoms with van der Waals surface area (Å²) in [5.74, 6) is 0.987. The Morgan fingerprint density at radius 3 is 2.30 bits per heavy atom. The Bertz CT molecular complexity index is 710. The molecule has 1 aliphatic heterocycles. The van der Waals surface area contributed by atoms with Crippen LogP contribution in [0.3, 0.4) is 0 Å². The molecule has 0 bridgehead atoms. The average Bonchev–Trinajstić information content (AvgIpc) is 2.73. The Morgan fingerprint density at radius 2 is 1.67 bits per heavy atom. The zero-order chi connectivity index (χ0) is 19.1. The molecule has 1 amide bonds. The van der Waals surface area contributed by atoms with Crippen LogP contribution in [0.25, 0.3) is 0 Å². The molecule has 144 valence electrons. The zero-order valence-electron chi connectivity index (χ0n) is 16.2. The number of hydrogen-bond donors (Lipinski definition) is 1. The summed E-state index contributed by atoms with van der Waals surface area (Å²) >= 11 is 0. The lowest BCUT2D eigenvalue weighted by molar-refractivity contribution is -0.126. The summed E-state index contributed by atoms with van der Waals surface area (Å²) < 4.78 is 5.21. The van der Waals surface area contributed by atoms with Gasteiger partial charge in [0, 0.05) is 39.3 Å². The molecule has 27 heavy (non-hydrogen) atoms. The molecular formula is C22H29N3O2. The second-order valence-electron chi connectivity index (χ2n) is 7.04. The first kappa shape index (κ1) is 19.4. The van der Waals surface area contributed by atoms with Crippen molar-refractivity contribution < 1.29 is 9.53 Å². The van der Waals surface area contributed by atoms with Gasteiger partial charge in [-0.25, -0.2) is 0 Å².